The van der Waals surface area contributed by atoms with Crippen molar-refractivity contribution in [3.63, 3.8) is 0 Å². The molecule has 2 N–H and O–H groups in total. The number of aromatic nitrogens is 1. The molecule has 0 amide bonds. The van der Waals surface area contributed by atoms with E-state index in [1.54, 1.807) is 11.3 Å². The second kappa shape index (κ2) is 3.32. The first-order valence-corrected chi connectivity index (χ1v) is 4.83. The van der Waals surface area contributed by atoms with Crippen molar-refractivity contribution in [2.75, 3.05) is 0 Å². The van der Waals surface area contributed by atoms with E-state index >= 15 is 0 Å². The topological polar surface area (TPSA) is 52.0 Å². The van der Waals surface area contributed by atoms with E-state index in [9.17, 15) is 0 Å². The average Bonchev–Trinajstić information content (AvgIpc) is 2.71. The molecule has 0 aromatic carbocycles. The second-order valence-corrected chi connectivity index (χ2v) is 4.08. The summed E-state index contributed by atoms with van der Waals surface area (Å²) in [5.41, 5.74) is 6.22. The van der Waals surface area contributed by atoms with Gasteiger partial charge in [0, 0.05) is 17.5 Å². The van der Waals surface area contributed by atoms with Gasteiger partial charge in [-0.2, -0.15) is 0 Å². The predicted molar refractivity (Wildman–Crippen MR) is 52.4 cm³/mol. The minimum atomic E-state index is 0.424. The van der Waals surface area contributed by atoms with Crippen molar-refractivity contribution < 1.29 is 4.52 Å². The van der Waals surface area contributed by atoms with Crippen LogP contribution in [-0.2, 0) is 6.54 Å². The summed E-state index contributed by atoms with van der Waals surface area (Å²) in [6, 6.07) is 5.97. The zero-order valence-electron chi connectivity index (χ0n) is 7.28. The van der Waals surface area contributed by atoms with Gasteiger partial charge in [-0.3, -0.25) is 0 Å². The molecule has 4 heteroatoms. The van der Waals surface area contributed by atoms with Gasteiger partial charge in [0.05, 0.1) is 10.6 Å². The summed E-state index contributed by atoms with van der Waals surface area (Å²) in [7, 11) is 0. The molecule has 13 heavy (non-hydrogen) atoms. The van der Waals surface area contributed by atoms with Crippen molar-refractivity contribution in [2.24, 2.45) is 5.73 Å². The maximum absolute atomic E-state index is 5.43. The van der Waals surface area contributed by atoms with Gasteiger partial charge >= 0.3 is 0 Å². The molecule has 0 saturated carbocycles. The minimum Gasteiger partial charge on any atom is -0.355 e. The van der Waals surface area contributed by atoms with Crippen LogP contribution >= 0.6 is 11.3 Å². The lowest BCUT2D eigenvalue weighted by atomic mass is 10.3. The van der Waals surface area contributed by atoms with E-state index in [1.807, 2.05) is 12.1 Å². The summed E-state index contributed by atoms with van der Waals surface area (Å²) in [5, 5.41) is 3.83. The van der Waals surface area contributed by atoms with E-state index in [0.29, 0.717) is 6.54 Å². The maximum atomic E-state index is 5.43. The van der Waals surface area contributed by atoms with E-state index in [4.69, 9.17) is 10.3 Å². The van der Waals surface area contributed by atoms with Crippen LogP contribution in [0.15, 0.2) is 22.7 Å². The number of nitrogens with zero attached hydrogens (tertiary/aromatic N) is 1. The number of aryl methyl sites for hydroxylation is 1. The molecule has 0 aliphatic rings. The van der Waals surface area contributed by atoms with Crippen molar-refractivity contribution in [1.29, 1.82) is 0 Å². The Bertz CT molecular complexity index is 405. The fraction of sp³-hybridized carbons (Fsp3) is 0.222. The van der Waals surface area contributed by atoms with Crippen LogP contribution in [0.1, 0.15) is 10.6 Å². The average molecular weight is 194 g/mol. The van der Waals surface area contributed by atoms with E-state index < -0.39 is 0 Å². The molecule has 2 heterocycles. The lowest BCUT2D eigenvalue weighted by molar-refractivity contribution is 0.424. The zero-order valence-corrected chi connectivity index (χ0v) is 8.10. The molecule has 0 spiro atoms. The maximum Gasteiger partial charge on any atom is 0.177 e. The van der Waals surface area contributed by atoms with Crippen LogP contribution in [0.25, 0.3) is 10.6 Å². The SMILES string of the molecule is Cc1ccc(-c2cc(CN)no2)s1. The Morgan fingerprint density at radius 2 is 2.38 bits per heavy atom. The molecular weight excluding hydrogens is 184 g/mol. The lowest BCUT2D eigenvalue weighted by Crippen LogP contribution is -1.94. The number of thiophene rings is 1. The molecule has 2 aromatic rings. The van der Waals surface area contributed by atoms with E-state index in [2.05, 4.69) is 18.1 Å². The first-order valence-electron chi connectivity index (χ1n) is 4.02. The third kappa shape index (κ3) is 1.64. The van der Waals surface area contributed by atoms with Crippen LogP contribution in [0.5, 0.6) is 0 Å². The second-order valence-electron chi connectivity index (χ2n) is 2.80. The molecule has 0 bridgehead atoms. The van der Waals surface area contributed by atoms with Crippen LogP contribution in [0, 0.1) is 6.92 Å². The normalized spacial score (nSPS) is 10.6. The fourth-order valence-corrected chi connectivity index (χ4v) is 1.91. The smallest absolute Gasteiger partial charge is 0.177 e. The number of nitrogens with two attached hydrogens (primary N) is 1. The van der Waals surface area contributed by atoms with Gasteiger partial charge in [0.25, 0.3) is 0 Å². The van der Waals surface area contributed by atoms with E-state index in [-0.39, 0.29) is 0 Å². The lowest BCUT2D eigenvalue weighted by Gasteiger charge is -1.84. The van der Waals surface area contributed by atoms with Gasteiger partial charge in [-0.1, -0.05) is 5.16 Å². The summed E-state index contributed by atoms with van der Waals surface area (Å²) in [6.45, 7) is 2.49. The summed E-state index contributed by atoms with van der Waals surface area (Å²) in [4.78, 5) is 2.37. The van der Waals surface area contributed by atoms with E-state index in [0.717, 1.165) is 16.3 Å². The van der Waals surface area contributed by atoms with E-state index in [1.165, 1.54) is 4.88 Å². The molecule has 0 saturated heterocycles. The Kier molecular flexibility index (Phi) is 2.16. The largest absolute Gasteiger partial charge is 0.355 e. The molecule has 0 unspecified atom stereocenters. The van der Waals surface area contributed by atoms with Gasteiger partial charge in [0.1, 0.15) is 0 Å². The van der Waals surface area contributed by atoms with Crippen LogP contribution in [0.4, 0.5) is 0 Å². The third-order valence-corrected chi connectivity index (χ3v) is 2.77. The molecule has 68 valence electrons. The Balaban J connectivity index is 2.35. The first kappa shape index (κ1) is 8.47. The monoisotopic (exact) mass is 194 g/mol. The first-order chi connectivity index (χ1) is 6.29. The molecule has 2 rings (SSSR count). The number of hydrogen-bond donors (Lipinski definition) is 1. The van der Waals surface area contributed by atoms with Crippen LogP contribution in [0.3, 0.4) is 0 Å². The number of hydrogen-bond acceptors (Lipinski definition) is 4. The Morgan fingerprint density at radius 1 is 1.54 bits per heavy atom. The van der Waals surface area contributed by atoms with Crippen molar-refractivity contribution in [3.05, 3.63) is 28.8 Å². The molecule has 0 fully saturated rings. The zero-order chi connectivity index (χ0) is 9.26. The standard InChI is InChI=1S/C9H10N2OS/c1-6-2-3-9(13-6)8-4-7(5-10)11-12-8/h2-4H,5,10H2,1H3. The molecule has 0 atom stereocenters. The van der Waals surface area contributed by atoms with Crippen molar-refractivity contribution in [1.82, 2.24) is 5.16 Å². The predicted octanol–water partition coefficient (Wildman–Crippen LogP) is 2.17. The van der Waals surface area contributed by atoms with Gasteiger partial charge < -0.3 is 10.3 Å². The van der Waals surface area contributed by atoms with Gasteiger partial charge in [-0.15, -0.1) is 11.3 Å². The van der Waals surface area contributed by atoms with Gasteiger partial charge in [-0.25, -0.2) is 0 Å². The van der Waals surface area contributed by atoms with Gasteiger partial charge in [-0.05, 0) is 19.1 Å². The fourth-order valence-electron chi connectivity index (χ4n) is 1.09. The Labute approximate surface area is 80.2 Å². The highest BCUT2D eigenvalue weighted by molar-refractivity contribution is 7.15. The van der Waals surface area contributed by atoms with Crippen LogP contribution in [-0.4, -0.2) is 5.16 Å². The van der Waals surface area contributed by atoms with Crippen molar-refractivity contribution in [3.8, 4) is 10.6 Å². The number of rotatable bonds is 2. The van der Waals surface area contributed by atoms with Crippen molar-refractivity contribution in [2.45, 2.75) is 13.5 Å². The molecule has 2 aromatic heterocycles. The van der Waals surface area contributed by atoms with Gasteiger partial charge in [0.2, 0.25) is 0 Å². The highest BCUT2D eigenvalue weighted by Gasteiger charge is 2.06. The molecule has 3 nitrogen and oxygen atoms in total. The summed E-state index contributed by atoms with van der Waals surface area (Å²) < 4.78 is 5.14. The molecule has 0 radical (unpaired) electrons. The van der Waals surface area contributed by atoms with Crippen LogP contribution in [0.2, 0.25) is 0 Å². The van der Waals surface area contributed by atoms with Gasteiger partial charge in [0.15, 0.2) is 5.76 Å². The summed E-state index contributed by atoms with van der Waals surface area (Å²) in [5.74, 6) is 0.804. The van der Waals surface area contributed by atoms with Crippen molar-refractivity contribution >= 4 is 11.3 Å². The molecule has 0 aliphatic carbocycles. The molecular formula is C9H10N2OS. The summed E-state index contributed by atoms with van der Waals surface area (Å²) in [6.07, 6.45) is 0. The highest BCUT2D eigenvalue weighted by atomic mass is 32.1. The van der Waals surface area contributed by atoms with Crippen LogP contribution < -0.4 is 5.73 Å². The third-order valence-electron chi connectivity index (χ3n) is 1.75. The highest BCUT2D eigenvalue weighted by Crippen LogP contribution is 2.27. The minimum absolute atomic E-state index is 0.424. The quantitative estimate of drug-likeness (QED) is 0.797. The Morgan fingerprint density at radius 3 is 2.92 bits per heavy atom. The summed E-state index contributed by atoms with van der Waals surface area (Å²) >= 11 is 1.69. The molecule has 0 aliphatic heterocycles. The Hall–Kier alpha value is -1.13.